The van der Waals surface area contributed by atoms with Gasteiger partial charge in [0, 0.05) is 5.56 Å². The van der Waals surface area contributed by atoms with Gasteiger partial charge in [0.25, 0.3) is 0 Å². The number of nitrogens with zero attached hydrogens (tertiary/aromatic N) is 2. The molecule has 2 rings (SSSR count). The summed E-state index contributed by atoms with van der Waals surface area (Å²) in [6.07, 6.45) is 13.8. The third-order valence-corrected chi connectivity index (χ3v) is 5.74. The Labute approximate surface area is 194 Å². The minimum Gasteiger partial charge on any atom is -0.464 e. The molecule has 0 saturated carbocycles. The second kappa shape index (κ2) is 16.5. The Hall–Kier alpha value is -2.14. The van der Waals surface area contributed by atoms with Crippen LogP contribution in [0, 0.1) is 5.92 Å². The van der Waals surface area contributed by atoms with Crippen LogP contribution in [0.3, 0.4) is 0 Å². The monoisotopic (exact) mass is 442 g/mol. The van der Waals surface area contributed by atoms with Crippen LogP contribution >= 0.6 is 0 Å². The minimum absolute atomic E-state index is 0.202. The Balaban J connectivity index is 1.83. The third-order valence-electron chi connectivity index (χ3n) is 5.74. The van der Waals surface area contributed by atoms with Crippen LogP contribution in [0.2, 0.25) is 0 Å². The molecule has 0 aliphatic rings. The quantitative estimate of drug-likeness (QED) is 0.177. The number of unbranched alkanes of at least 4 members (excludes halogenated alkanes) is 6. The summed E-state index contributed by atoms with van der Waals surface area (Å²) in [5.41, 5.74) is 1.71. The van der Waals surface area contributed by atoms with Crippen LogP contribution in [0.15, 0.2) is 36.5 Å². The van der Waals surface area contributed by atoms with E-state index in [1.807, 2.05) is 30.3 Å². The number of hydrogen-bond donors (Lipinski definition) is 0. The van der Waals surface area contributed by atoms with Gasteiger partial charge in [-0.1, -0.05) is 102 Å². The lowest BCUT2D eigenvalue weighted by molar-refractivity contribution is 0.0133. The first-order valence-electron chi connectivity index (χ1n) is 12.5. The molecule has 1 aromatic carbocycles. The van der Waals surface area contributed by atoms with Crippen molar-refractivity contribution in [3.63, 3.8) is 0 Å². The van der Waals surface area contributed by atoms with E-state index in [0.717, 1.165) is 30.0 Å². The van der Waals surface area contributed by atoms with Gasteiger partial charge in [-0.25, -0.2) is 0 Å². The van der Waals surface area contributed by atoms with Crippen LogP contribution in [0.25, 0.3) is 11.3 Å². The first-order chi connectivity index (χ1) is 15.7. The maximum absolute atomic E-state index is 5.86. The smallest absolute Gasteiger partial charge is 0.317 e. The molecule has 0 spiro atoms. The zero-order valence-electron chi connectivity index (χ0n) is 20.4. The fourth-order valence-electron chi connectivity index (χ4n) is 3.44. The molecule has 178 valence electrons. The largest absolute Gasteiger partial charge is 0.464 e. The van der Waals surface area contributed by atoms with Gasteiger partial charge in [-0.05, 0) is 18.8 Å². The van der Waals surface area contributed by atoms with E-state index in [1.165, 1.54) is 51.4 Å². The summed E-state index contributed by atoms with van der Waals surface area (Å²) in [5.74, 6) is 1.42. The molecule has 1 heterocycles. The summed E-state index contributed by atoms with van der Waals surface area (Å²) < 4.78 is 17.4. The molecule has 0 N–H and O–H groups in total. The Bertz CT molecular complexity index is 724. The number of aromatic nitrogens is 2. The molecule has 0 radical (unpaired) electrons. The highest BCUT2D eigenvalue weighted by atomic mass is 16.7. The molecular formula is C27H42N2O3. The molecule has 1 atom stereocenters. The molecule has 32 heavy (non-hydrogen) atoms. The normalized spacial score (nSPS) is 12.0. The average Bonchev–Trinajstić information content (AvgIpc) is 2.83. The van der Waals surface area contributed by atoms with Crippen molar-refractivity contribution in [2.45, 2.75) is 85.0 Å². The first-order valence-corrected chi connectivity index (χ1v) is 12.5. The predicted octanol–water partition coefficient (Wildman–Crippen LogP) is 7.45. The van der Waals surface area contributed by atoms with Crippen molar-refractivity contribution in [3.05, 3.63) is 36.5 Å². The zero-order chi connectivity index (χ0) is 22.9. The van der Waals surface area contributed by atoms with E-state index in [9.17, 15) is 0 Å². The van der Waals surface area contributed by atoms with Gasteiger partial charge in [0.15, 0.2) is 12.5 Å². The molecule has 0 bridgehead atoms. The lowest BCUT2D eigenvalue weighted by atomic mass is 10.0. The standard InChI is InChI=1S/C27H42N2O3/c1-4-6-7-8-14-19-30-22-32-25-21-28-27(29-26(25)24-17-12-9-13-18-24)31-20-15-10-11-16-23(3)5-2/h9,12-13,17-18,21,23H,4-8,10-11,14-16,19-20,22H2,1-3H3. The fourth-order valence-corrected chi connectivity index (χ4v) is 3.44. The van der Waals surface area contributed by atoms with Crippen molar-refractivity contribution < 1.29 is 14.2 Å². The maximum Gasteiger partial charge on any atom is 0.317 e. The van der Waals surface area contributed by atoms with E-state index in [1.54, 1.807) is 6.20 Å². The highest BCUT2D eigenvalue weighted by Gasteiger charge is 2.12. The predicted molar refractivity (Wildman–Crippen MR) is 131 cm³/mol. The van der Waals surface area contributed by atoms with Crippen molar-refractivity contribution in [2.24, 2.45) is 5.92 Å². The van der Waals surface area contributed by atoms with E-state index in [4.69, 9.17) is 14.2 Å². The fraction of sp³-hybridized carbons (Fsp3) is 0.630. The number of ether oxygens (including phenoxy) is 3. The average molecular weight is 443 g/mol. The summed E-state index contributed by atoms with van der Waals surface area (Å²) >= 11 is 0. The van der Waals surface area contributed by atoms with Crippen LogP contribution in [-0.4, -0.2) is 30.0 Å². The van der Waals surface area contributed by atoms with Crippen molar-refractivity contribution >= 4 is 0 Å². The van der Waals surface area contributed by atoms with Crippen LogP contribution in [0.1, 0.15) is 85.0 Å². The van der Waals surface area contributed by atoms with Crippen molar-refractivity contribution in [3.8, 4) is 23.0 Å². The summed E-state index contributed by atoms with van der Waals surface area (Å²) in [7, 11) is 0. The van der Waals surface area contributed by atoms with Crippen molar-refractivity contribution in [2.75, 3.05) is 20.0 Å². The lowest BCUT2D eigenvalue weighted by Gasteiger charge is -2.13. The molecule has 2 aromatic rings. The molecular weight excluding hydrogens is 400 g/mol. The summed E-state index contributed by atoms with van der Waals surface area (Å²) in [5, 5.41) is 0. The SMILES string of the molecule is CCCCCCCOCOc1cnc(OCCCCCC(C)CC)nc1-c1ccccc1. The van der Waals surface area contributed by atoms with E-state index in [0.29, 0.717) is 25.0 Å². The van der Waals surface area contributed by atoms with Gasteiger partial charge < -0.3 is 14.2 Å². The van der Waals surface area contributed by atoms with Gasteiger partial charge in [-0.15, -0.1) is 0 Å². The van der Waals surface area contributed by atoms with Crippen molar-refractivity contribution in [1.82, 2.24) is 9.97 Å². The Morgan fingerprint density at radius 3 is 2.38 bits per heavy atom. The molecule has 1 unspecified atom stereocenters. The maximum atomic E-state index is 5.86. The summed E-state index contributed by atoms with van der Waals surface area (Å²) in [6, 6.07) is 10.4. The first kappa shape index (κ1) is 26.1. The van der Waals surface area contributed by atoms with Crippen LogP contribution < -0.4 is 9.47 Å². The van der Waals surface area contributed by atoms with Gasteiger partial charge in [0.05, 0.1) is 19.4 Å². The number of benzene rings is 1. The van der Waals surface area contributed by atoms with Gasteiger partial charge >= 0.3 is 6.01 Å². The van der Waals surface area contributed by atoms with Crippen molar-refractivity contribution in [1.29, 1.82) is 0 Å². The highest BCUT2D eigenvalue weighted by molar-refractivity contribution is 5.65. The van der Waals surface area contributed by atoms with Crippen LogP contribution in [0.4, 0.5) is 0 Å². The summed E-state index contributed by atoms with van der Waals surface area (Å²) in [6.45, 7) is 8.34. The molecule has 1 aromatic heterocycles. The van der Waals surface area contributed by atoms with Gasteiger partial charge in [-0.3, -0.25) is 0 Å². The van der Waals surface area contributed by atoms with E-state index >= 15 is 0 Å². The molecule has 0 saturated heterocycles. The van der Waals surface area contributed by atoms with Crippen LogP contribution in [0.5, 0.6) is 11.8 Å². The van der Waals surface area contributed by atoms with Gasteiger partial charge in [0.1, 0.15) is 5.69 Å². The van der Waals surface area contributed by atoms with E-state index < -0.39 is 0 Å². The zero-order valence-corrected chi connectivity index (χ0v) is 20.4. The van der Waals surface area contributed by atoms with E-state index in [-0.39, 0.29) is 6.79 Å². The molecule has 0 amide bonds. The number of hydrogen-bond acceptors (Lipinski definition) is 5. The molecule has 5 heteroatoms. The molecule has 0 aliphatic carbocycles. The van der Waals surface area contributed by atoms with Crippen LogP contribution in [-0.2, 0) is 4.74 Å². The lowest BCUT2D eigenvalue weighted by Crippen LogP contribution is -2.07. The topological polar surface area (TPSA) is 53.5 Å². The third kappa shape index (κ3) is 10.4. The van der Waals surface area contributed by atoms with E-state index in [2.05, 4.69) is 30.7 Å². The molecule has 5 nitrogen and oxygen atoms in total. The second-order valence-corrected chi connectivity index (χ2v) is 8.53. The highest BCUT2D eigenvalue weighted by Crippen LogP contribution is 2.29. The minimum atomic E-state index is 0.202. The van der Waals surface area contributed by atoms with Gasteiger partial charge in [-0.2, -0.15) is 9.97 Å². The second-order valence-electron chi connectivity index (χ2n) is 8.53. The number of rotatable bonds is 18. The Morgan fingerprint density at radius 1 is 0.844 bits per heavy atom. The Morgan fingerprint density at radius 2 is 1.59 bits per heavy atom. The molecule has 0 fully saturated rings. The summed E-state index contributed by atoms with van der Waals surface area (Å²) in [4.78, 5) is 9.00. The Kier molecular flexibility index (Phi) is 13.5. The van der Waals surface area contributed by atoms with Gasteiger partial charge in [0.2, 0.25) is 0 Å². The molecule has 0 aliphatic heterocycles.